The third kappa shape index (κ3) is 31.8. The zero-order valence-electron chi connectivity index (χ0n) is 52.4. The second-order valence-electron chi connectivity index (χ2n) is 22.5. The van der Waals surface area contributed by atoms with Crippen LogP contribution >= 0.6 is 0 Å². The van der Waals surface area contributed by atoms with E-state index in [-0.39, 0.29) is 18.9 Å². The molecule has 3 heterocycles. The highest BCUT2D eigenvalue weighted by molar-refractivity contribution is 5.76. The monoisotopic (exact) mass is 1240 g/mol. The van der Waals surface area contributed by atoms with E-state index in [1.165, 1.54) is 0 Å². The van der Waals surface area contributed by atoms with E-state index < -0.39 is 124 Å². The number of hydrogen-bond acceptors (Lipinski definition) is 18. The Hall–Kier alpha value is -4.07. The van der Waals surface area contributed by atoms with Gasteiger partial charge in [-0.25, -0.2) is 0 Å². The molecule has 19 heteroatoms. The molecule has 0 aromatic heterocycles. The Morgan fingerprint density at radius 2 is 0.795 bits per heavy atom. The zero-order valence-corrected chi connectivity index (χ0v) is 52.4. The SMILES string of the molecule is CC/C=C\C/C=C\C/C=C\C/C=C\C/C=C\C/C=C\C/C=C\C/C=C\C/C=C\CCCCCCCCCC(=O)NC(COC1OC(CO)C(OC2OC(CO)C(OC3OC(CO)C(O)C(O)C3O)C(O)C2O)C(O)C1O)C(O)/C=C/CC/C=C/CCCC. The number of carbonyl (C=O) groups is 1. The quantitative estimate of drug-likeness (QED) is 0.0208. The maximum absolute atomic E-state index is 13.3. The van der Waals surface area contributed by atoms with Gasteiger partial charge in [0.2, 0.25) is 5.91 Å². The number of nitrogens with one attached hydrogen (secondary N) is 1. The smallest absolute Gasteiger partial charge is 0.220 e. The number of aliphatic hydroxyl groups excluding tert-OH is 11. The van der Waals surface area contributed by atoms with Crippen LogP contribution in [0.4, 0.5) is 0 Å². The van der Waals surface area contributed by atoms with Gasteiger partial charge in [-0.15, -0.1) is 0 Å². The van der Waals surface area contributed by atoms with Crippen molar-refractivity contribution in [3.8, 4) is 0 Å². The molecule has 19 nitrogen and oxygen atoms in total. The van der Waals surface area contributed by atoms with Crippen LogP contribution in [0.1, 0.15) is 162 Å². The first-order valence-electron chi connectivity index (χ1n) is 32.4. The molecule has 500 valence electrons. The maximum atomic E-state index is 13.3. The van der Waals surface area contributed by atoms with Crippen LogP contribution in [0.15, 0.2) is 134 Å². The van der Waals surface area contributed by atoms with Gasteiger partial charge in [0.15, 0.2) is 18.9 Å². The molecule has 3 saturated heterocycles. The van der Waals surface area contributed by atoms with Crippen molar-refractivity contribution in [1.29, 1.82) is 0 Å². The van der Waals surface area contributed by atoms with Crippen LogP contribution in [0.2, 0.25) is 0 Å². The summed E-state index contributed by atoms with van der Waals surface area (Å²) in [5.74, 6) is -0.308. The molecule has 0 radical (unpaired) electrons. The highest BCUT2D eigenvalue weighted by Gasteiger charge is 2.53. The van der Waals surface area contributed by atoms with Crippen LogP contribution in [0, 0.1) is 0 Å². The lowest BCUT2D eigenvalue weighted by atomic mass is 9.96. The summed E-state index contributed by atoms with van der Waals surface area (Å²) in [6, 6.07) is -1.00. The van der Waals surface area contributed by atoms with Crippen molar-refractivity contribution in [3.05, 3.63) is 134 Å². The fraction of sp³-hybridized carbons (Fsp3) is 0.667. The maximum Gasteiger partial charge on any atom is 0.220 e. The van der Waals surface area contributed by atoms with E-state index in [1.807, 2.05) is 6.08 Å². The summed E-state index contributed by atoms with van der Waals surface area (Å²) in [7, 11) is 0. The molecule has 88 heavy (non-hydrogen) atoms. The number of ether oxygens (including phenoxy) is 6. The molecule has 0 aromatic carbocycles. The van der Waals surface area contributed by atoms with Gasteiger partial charge in [0, 0.05) is 6.42 Å². The predicted molar refractivity (Wildman–Crippen MR) is 341 cm³/mol. The average Bonchev–Trinajstić information content (AvgIpc) is 1.15. The topological polar surface area (TPSA) is 307 Å². The van der Waals surface area contributed by atoms with Crippen molar-refractivity contribution in [2.75, 3.05) is 26.4 Å². The molecule has 3 rings (SSSR count). The van der Waals surface area contributed by atoms with Crippen LogP contribution in [-0.2, 0) is 33.2 Å². The zero-order chi connectivity index (χ0) is 64.0. The van der Waals surface area contributed by atoms with Crippen molar-refractivity contribution < 1.29 is 89.4 Å². The Morgan fingerprint density at radius 1 is 0.420 bits per heavy atom. The van der Waals surface area contributed by atoms with Gasteiger partial charge in [-0.2, -0.15) is 0 Å². The van der Waals surface area contributed by atoms with Gasteiger partial charge in [0.25, 0.3) is 0 Å². The molecule has 0 bridgehead atoms. The van der Waals surface area contributed by atoms with Gasteiger partial charge in [-0.3, -0.25) is 4.79 Å². The minimum absolute atomic E-state index is 0.212. The first-order valence-corrected chi connectivity index (χ1v) is 32.4. The Bertz CT molecular complexity index is 2120. The van der Waals surface area contributed by atoms with Gasteiger partial charge >= 0.3 is 0 Å². The van der Waals surface area contributed by atoms with E-state index in [9.17, 15) is 61.0 Å². The van der Waals surface area contributed by atoms with Crippen LogP contribution in [-0.4, -0.2) is 193 Å². The van der Waals surface area contributed by atoms with E-state index in [1.54, 1.807) is 6.08 Å². The van der Waals surface area contributed by atoms with Crippen LogP contribution in [0.25, 0.3) is 0 Å². The number of aliphatic hydroxyl groups is 11. The van der Waals surface area contributed by atoms with Crippen molar-refractivity contribution in [1.82, 2.24) is 5.32 Å². The van der Waals surface area contributed by atoms with Gasteiger partial charge in [0.05, 0.1) is 38.6 Å². The van der Waals surface area contributed by atoms with E-state index in [0.29, 0.717) is 12.8 Å². The summed E-state index contributed by atoms with van der Waals surface area (Å²) in [5, 5.41) is 120. The number of hydrogen-bond donors (Lipinski definition) is 12. The Morgan fingerprint density at radius 3 is 1.27 bits per heavy atom. The van der Waals surface area contributed by atoms with Crippen molar-refractivity contribution in [2.45, 2.75) is 266 Å². The molecule has 17 unspecified atom stereocenters. The largest absolute Gasteiger partial charge is 0.394 e. The molecule has 3 aliphatic rings. The van der Waals surface area contributed by atoms with Gasteiger partial charge in [-0.05, 0) is 96.3 Å². The molecule has 3 fully saturated rings. The average molecular weight is 1240 g/mol. The molecule has 3 aliphatic heterocycles. The molecule has 12 N–H and O–H groups in total. The first kappa shape index (κ1) is 78.2. The number of unbranched alkanes of at least 4 members (excludes halogenated alkanes) is 10. The predicted octanol–water partition coefficient (Wildman–Crippen LogP) is 7.43. The standard InChI is InChI=1S/C69H111NO18/c1-3-5-7-9-11-13-14-15-16-17-18-19-20-21-22-23-24-25-26-27-28-29-30-31-32-33-34-35-36-37-38-39-41-43-45-47-57(75)70-52(53(74)46-44-42-40-12-10-8-6-4-2)51-83-67-63(81)60(78)65(55(49-72)85-67)88-69-64(82)61(79)66(56(50-73)86-69)87-68-62(80)59(77)58(76)54(48-71)84-68/h5,7,10-13,15-16,18-19,21-22,24-25,27-28,30-31,33-34,44,46,52-56,58-69,71-74,76-82H,3-4,6,8-9,14,17,20,23,26,29,32,35-43,45,47-51H2,1-2H3,(H,70,75)/b7-5-,12-10+,13-11-,16-15-,19-18-,22-21-,25-24-,28-27-,31-30-,34-33-,46-44+. The second kappa shape index (κ2) is 49.6. The number of amides is 1. The lowest BCUT2D eigenvalue weighted by Crippen LogP contribution is -2.66. The third-order valence-corrected chi connectivity index (χ3v) is 15.2. The first-order chi connectivity index (χ1) is 42.8. The number of rotatable bonds is 46. The minimum atomic E-state index is -1.99. The molecule has 0 saturated carbocycles. The number of allylic oxidation sites excluding steroid dienone is 21. The normalized spacial score (nSPS) is 29.3. The van der Waals surface area contributed by atoms with Crippen molar-refractivity contribution in [3.63, 3.8) is 0 Å². The van der Waals surface area contributed by atoms with Gasteiger partial charge in [0.1, 0.15) is 73.2 Å². The molecular weight excluding hydrogens is 1130 g/mol. The molecule has 17 atom stereocenters. The summed E-state index contributed by atoms with van der Waals surface area (Å²) in [5.41, 5.74) is 0. The summed E-state index contributed by atoms with van der Waals surface area (Å²) in [6.07, 6.45) is 41.9. The summed E-state index contributed by atoms with van der Waals surface area (Å²) in [6.45, 7) is 1.45. The van der Waals surface area contributed by atoms with Crippen molar-refractivity contribution >= 4 is 5.91 Å². The summed E-state index contributed by atoms with van der Waals surface area (Å²) >= 11 is 0. The molecule has 0 spiro atoms. The van der Waals surface area contributed by atoms with E-state index >= 15 is 0 Å². The molecular formula is C69H111NO18. The van der Waals surface area contributed by atoms with Crippen molar-refractivity contribution in [2.24, 2.45) is 0 Å². The Labute approximate surface area is 524 Å². The minimum Gasteiger partial charge on any atom is -0.394 e. The molecule has 0 aromatic rings. The fourth-order valence-electron chi connectivity index (χ4n) is 9.89. The second-order valence-corrected chi connectivity index (χ2v) is 22.5. The highest BCUT2D eigenvalue weighted by Crippen LogP contribution is 2.33. The van der Waals surface area contributed by atoms with Gasteiger partial charge < -0.3 is 89.9 Å². The van der Waals surface area contributed by atoms with Gasteiger partial charge in [-0.1, -0.05) is 192 Å². The van der Waals surface area contributed by atoms with E-state index in [2.05, 4.69) is 141 Å². The van der Waals surface area contributed by atoms with Crippen LogP contribution in [0.3, 0.4) is 0 Å². The lowest BCUT2D eigenvalue weighted by molar-refractivity contribution is -0.379. The van der Waals surface area contributed by atoms with Crippen LogP contribution < -0.4 is 5.32 Å². The van der Waals surface area contributed by atoms with Crippen LogP contribution in [0.5, 0.6) is 0 Å². The molecule has 0 aliphatic carbocycles. The summed E-state index contributed by atoms with van der Waals surface area (Å²) in [4.78, 5) is 13.3. The fourth-order valence-corrected chi connectivity index (χ4v) is 9.89. The number of carbonyl (C=O) groups excluding carboxylic acids is 1. The van der Waals surface area contributed by atoms with E-state index in [0.717, 1.165) is 128 Å². The summed E-state index contributed by atoms with van der Waals surface area (Å²) < 4.78 is 34.1. The highest BCUT2D eigenvalue weighted by atomic mass is 16.8. The molecule has 1 amide bonds. The van der Waals surface area contributed by atoms with E-state index in [4.69, 9.17) is 28.4 Å². The Kier molecular flexibility index (Phi) is 44.1. The Balaban J connectivity index is 1.35. The lowest BCUT2D eigenvalue weighted by Gasteiger charge is -2.48. The third-order valence-electron chi connectivity index (χ3n) is 15.2.